The Morgan fingerprint density at radius 3 is 2.44 bits per heavy atom. The minimum atomic E-state index is -0.513. The fraction of sp³-hybridized carbons (Fsp3) is 0.429. The van der Waals surface area contributed by atoms with Gasteiger partial charge in [0.25, 0.3) is 0 Å². The predicted molar refractivity (Wildman–Crippen MR) is 136 cm³/mol. The van der Waals surface area contributed by atoms with Gasteiger partial charge in [0, 0.05) is 38.8 Å². The van der Waals surface area contributed by atoms with E-state index in [1.54, 1.807) is 11.0 Å². The van der Waals surface area contributed by atoms with Crippen molar-refractivity contribution in [2.45, 2.75) is 45.9 Å². The monoisotopic (exact) mass is 463 g/mol. The highest BCUT2D eigenvalue weighted by Gasteiger charge is 2.26. The Hall–Kier alpha value is -3.12. The van der Waals surface area contributed by atoms with Crippen molar-refractivity contribution in [1.82, 2.24) is 14.7 Å². The summed E-state index contributed by atoms with van der Waals surface area (Å²) in [5.41, 5.74) is 3.92. The third-order valence-electron chi connectivity index (χ3n) is 5.70. The van der Waals surface area contributed by atoms with Crippen LogP contribution >= 0.6 is 0 Å². The van der Waals surface area contributed by atoms with Crippen LogP contribution < -0.4 is 0 Å². The standard InChI is InChI=1S/C28H37N3O3/c1-28(2,3)34-27(33)31-17-16-25-23(12-9-13-24(25)21-31)14-15-26(32)30(19-18-29(4)5)20-22-10-7-6-8-11-22/h6-15H,16-21H2,1-5H3/b15-14+. The van der Waals surface area contributed by atoms with Gasteiger partial charge in [-0.05, 0) is 69.6 Å². The molecule has 2 aromatic rings. The number of carbonyl (C=O) groups excluding carboxylic acids is 2. The molecule has 0 saturated carbocycles. The first-order valence-electron chi connectivity index (χ1n) is 11.9. The summed E-state index contributed by atoms with van der Waals surface area (Å²) in [6.45, 7) is 8.78. The van der Waals surface area contributed by atoms with E-state index in [0.29, 0.717) is 26.2 Å². The van der Waals surface area contributed by atoms with Crippen molar-refractivity contribution < 1.29 is 14.3 Å². The number of rotatable bonds is 7. The minimum absolute atomic E-state index is 0.00510. The Kier molecular flexibility index (Phi) is 8.51. The number of ether oxygens (including phenoxy) is 1. The molecule has 0 saturated heterocycles. The van der Waals surface area contributed by atoms with E-state index in [0.717, 1.165) is 29.7 Å². The lowest BCUT2D eigenvalue weighted by atomic mass is 9.94. The molecule has 2 amide bonds. The second-order valence-corrected chi connectivity index (χ2v) is 10.0. The van der Waals surface area contributed by atoms with Crippen molar-refractivity contribution in [3.8, 4) is 0 Å². The van der Waals surface area contributed by atoms with Crippen molar-refractivity contribution in [3.63, 3.8) is 0 Å². The molecule has 34 heavy (non-hydrogen) atoms. The van der Waals surface area contributed by atoms with Gasteiger partial charge in [-0.2, -0.15) is 0 Å². The Bertz CT molecular complexity index is 1010. The molecular weight excluding hydrogens is 426 g/mol. The minimum Gasteiger partial charge on any atom is -0.444 e. The number of amides is 2. The lowest BCUT2D eigenvalue weighted by Crippen LogP contribution is -2.40. The molecule has 0 bridgehead atoms. The van der Waals surface area contributed by atoms with Crippen LogP contribution in [0.2, 0.25) is 0 Å². The van der Waals surface area contributed by atoms with E-state index in [-0.39, 0.29) is 12.0 Å². The average Bonchev–Trinajstić information content (AvgIpc) is 2.79. The Balaban J connectivity index is 1.72. The highest BCUT2D eigenvalue weighted by molar-refractivity contribution is 5.92. The Morgan fingerprint density at radius 1 is 1.03 bits per heavy atom. The molecule has 2 aromatic carbocycles. The number of benzene rings is 2. The second-order valence-electron chi connectivity index (χ2n) is 10.0. The van der Waals surface area contributed by atoms with Crippen LogP contribution in [-0.2, 0) is 29.0 Å². The summed E-state index contributed by atoms with van der Waals surface area (Å²) >= 11 is 0. The van der Waals surface area contributed by atoms with Crippen LogP contribution in [0, 0.1) is 0 Å². The molecule has 1 heterocycles. The predicted octanol–water partition coefficient (Wildman–Crippen LogP) is 4.58. The fourth-order valence-electron chi connectivity index (χ4n) is 3.94. The summed E-state index contributed by atoms with van der Waals surface area (Å²) in [6.07, 6.45) is 4.04. The van der Waals surface area contributed by atoms with Crippen molar-refractivity contribution in [2.24, 2.45) is 0 Å². The maximum absolute atomic E-state index is 13.1. The molecule has 6 heteroatoms. The number of likely N-dealkylation sites (N-methyl/N-ethyl adjacent to an activating group) is 1. The van der Waals surface area contributed by atoms with Crippen LogP contribution in [0.25, 0.3) is 6.08 Å². The lowest BCUT2D eigenvalue weighted by molar-refractivity contribution is -0.126. The molecular formula is C28H37N3O3. The Labute approximate surface area is 203 Å². The molecule has 0 aromatic heterocycles. The van der Waals surface area contributed by atoms with Crippen LogP contribution in [0.15, 0.2) is 54.6 Å². The van der Waals surface area contributed by atoms with Gasteiger partial charge >= 0.3 is 6.09 Å². The van der Waals surface area contributed by atoms with Crippen LogP contribution in [0.1, 0.15) is 43.0 Å². The van der Waals surface area contributed by atoms with E-state index >= 15 is 0 Å². The topological polar surface area (TPSA) is 53.1 Å². The van der Waals surface area contributed by atoms with Gasteiger partial charge in [0.15, 0.2) is 0 Å². The number of nitrogens with zero attached hydrogens (tertiary/aromatic N) is 3. The van der Waals surface area contributed by atoms with Gasteiger partial charge in [0.2, 0.25) is 5.91 Å². The average molecular weight is 464 g/mol. The number of hydrogen-bond donors (Lipinski definition) is 0. The van der Waals surface area contributed by atoms with Gasteiger partial charge in [0.1, 0.15) is 5.60 Å². The SMILES string of the molecule is CN(C)CCN(Cc1ccccc1)C(=O)/C=C/c1cccc2c1CCN(C(=O)OC(C)(C)C)C2. The third-order valence-corrected chi connectivity index (χ3v) is 5.70. The van der Waals surface area contributed by atoms with Crippen LogP contribution in [0.5, 0.6) is 0 Å². The van der Waals surface area contributed by atoms with Gasteiger partial charge in [0.05, 0.1) is 0 Å². The molecule has 0 aliphatic carbocycles. The van der Waals surface area contributed by atoms with Crippen molar-refractivity contribution in [1.29, 1.82) is 0 Å². The molecule has 6 nitrogen and oxygen atoms in total. The second kappa shape index (κ2) is 11.3. The van der Waals surface area contributed by atoms with Gasteiger partial charge in [-0.1, -0.05) is 48.5 Å². The van der Waals surface area contributed by atoms with Crippen LogP contribution in [-0.4, -0.2) is 66.0 Å². The summed E-state index contributed by atoms with van der Waals surface area (Å²) in [6, 6.07) is 16.1. The first-order valence-corrected chi connectivity index (χ1v) is 11.9. The number of hydrogen-bond acceptors (Lipinski definition) is 4. The molecule has 0 N–H and O–H groups in total. The maximum atomic E-state index is 13.1. The zero-order chi connectivity index (χ0) is 24.7. The highest BCUT2D eigenvalue weighted by atomic mass is 16.6. The lowest BCUT2D eigenvalue weighted by Gasteiger charge is -2.31. The van der Waals surface area contributed by atoms with Crippen LogP contribution in [0.3, 0.4) is 0 Å². The van der Waals surface area contributed by atoms with Crippen molar-refractivity contribution in [3.05, 3.63) is 76.9 Å². The molecule has 0 unspecified atom stereocenters. The number of fused-ring (bicyclic) bond motifs is 1. The summed E-state index contributed by atoms with van der Waals surface area (Å²) in [5, 5.41) is 0. The quantitative estimate of drug-likeness (QED) is 0.564. The highest BCUT2D eigenvalue weighted by Crippen LogP contribution is 2.25. The largest absolute Gasteiger partial charge is 0.444 e. The van der Waals surface area contributed by atoms with Gasteiger partial charge in [-0.3, -0.25) is 4.79 Å². The summed E-state index contributed by atoms with van der Waals surface area (Å²) in [4.78, 5) is 31.3. The van der Waals surface area contributed by atoms with E-state index in [2.05, 4.69) is 4.90 Å². The van der Waals surface area contributed by atoms with E-state index in [1.165, 1.54) is 5.56 Å². The molecule has 1 aliphatic heterocycles. The molecule has 0 spiro atoms. The van der Waals surface area contributed by atoms with Gasteiger partial charge in [-0.25, -0.2) is 4.79 Å². The van der Waals surface area contributed by atoms with Gasteiger partial charge in [-0.15, -0.1) is 0 Å². The summed E-state index contributed by atoms with van der Waals surface area (Å²) in [5.74, 6) is -0.00510. The van der Waals surface area contributed by atoms with E-state index < -0.39 is 5.60 Å². The third kappa shape index (κ3) is 7.45. The van der Waals surface area contributed by atoms with E-state index in [4.69, 9.17) is 4.74 Å². The summed E-state index contributed by atoms with van der Waals surface area (Å²) < 4.78 is 5.54. The van der Waals surface area contributed by atoms with E-state index in [1.807, 2.05) is 94.4 Å². The first kappa shape index (κ1) is 25.5. The normalized spacial score (nSPS) is 13.8. The Morgan fingerprint density at radius 2 is 1.76 bits per heavy atom. The number of carbonyl (C=O) groups is 2. The van der Waals surface area contributed by atoms with Crippen molar-refractivity contribution in [2.75, 3.05) is 33.7 Å². The molecule has 0 fully saturated rings. The fourth-order valence-corrected chi connectivity index (χ4v) is 3.94. The zero-order valence-electron chi connectivity index (χ0n) is 21.1. The van der Waals surface area contributed by atoms with Gasteiger partial charge < -0.3 is 19.4 Å². The zero-order valence-corrected chi connectivity index (χ0v) is 21.1. The maximum Gasteiger partial charge on any atom is 0.410 e. The molecule has 3 rings (SSSR count). The smallest absolute Gasteiger partial charge is 0.410 e. The molecule has 182 valence electrons. The molecule has 0 radical (unpaired) electrons. The van der Waals surface area contributed by atoms with Crippen LogP contribution in [0.4, 0.5) is 4.79 Å². The van der Waals surface area contributed by atoms with E-state index in [9.17, 15) is 9.59 Å². The molecule has 0 atom stereocenters. The van der Waals surface area contributed by atoms with Crippen molar-refractivity contribution >= 4 is 18.1 Å². The first-order chi connectivity index (χ1) is 16.1. The molecule has 1 aliphatic rings. The summed E-state index contributed by atoms with van der Waals surface area (Å²) in [7, 11) is 4.02.